The third-order valence-electron chi connectivity index (χ3n) is 3.47. The summed E-state index contributed by atoms with van der Waals surface area (Å²) in [6.07, 6.45) is 3.13. The average molecular weight is 249 g/mol. The maximum absolute atomic E-state index is 13.4. The van der Waals surface area contributed by atoms with E-state index in [2.05, 4.69) is 4.98 Å². The lowest BCUT2D eigenvalue weighted by Gasteiger charge is -2.32. The Bertz CT molecular complexity index is 458. The molecule has 0 bridgehead atoms. The number of halogens is 1. The van der Waals surface area contributed by atoms with Gasteiger partial charge in [-0.05, 0) is 45.9 Å². The van der Waals surface area contributed by atoms with Crippen molar-refractivity contribution in [1.29, 1.82) is 0 Å². The second-order valence-electron chi connectivity index (χ2n) is 5.35. The molecule has 0 radical (unpaired) electrons. The number of hydrogen-bond acceptors (Lipinski definition) is 3. The highest BCUT2D eigenvalue weighted by Gasteiger charge is 2.50. The van der Waals surface area contributed by atoms with E-state index in [0.717, 1.165) is 0 Å². The van der Waals surface area contributed by atoms with Crippen LogP contribution >= 0.6 is 0 Å². The fourth-order valence-electron chi connectivity index (χ4n) is 1.66. The molecule has 2 rings (SSSR count). The molecule has 18 heavy (non-hydrogen) atoms. The third-order valence-corrected chi connectivity index (χ3v) is 3.47. The summed E-state index contributed by atoms with van der Waals surface area (Å²) in [5.41, 5.74) is -0.484. The van der Waals surface area contributed by atoms with Crippen molar-refractivity contribution in [3.63, 3.8) is 0 Å². The molecule has 1 aromatic rings. The number of pyridine rings is 1. The monoisotopic (exact) mass is 249 g/mol. The van der Waals surface area contributed by atoms with Gasteiger partial charge in [0, 0.05) is 6.20 Å². The van der Waals surface area contributed by atoms with E-state index in [1.807, 2.05) is 27.7 Å². The molecule has 1 saturated heterocycles. The van der Waals surface area contributed by atoms with Crippen molar-refractivity contribution in [3.05, 3.63) is 35.8 Å². The fraction of sp³-hybridized carbons (Fsp3) is 0.462. The van der Waals surface area contributed by atoms with Crippen LogP contribution in [0, 0.1) is 5.82 Å². The number of nitrogens with zero attached hydrogens (tertiary/aromatic N) is 1. The van der Waals surface area contributed by atoms with E-state index in [0.29, 0.717) is 0 Å². The minimum absolute atomic E-state index is 0.284. The molecule has 1 fully saturated rings. The van der Waals surface area contributed by atoms with Gasteiger partial charge >= 0.3 is 7.12 Å². The molecule has 0 unspecified atom stereocenters. The van der Waals surface area contributed by atoms with Gasteiger partial charge in [-0.25, -0.2) is 4.39 Å². The molecule has 3 nitrogen and oxygen atoms in total. The van der Waals surface area contributed by atoms with Crippen molar-refractivity contribution in [2.75, 3.05) is 0 Å². The largest absolute Gasteiger partial charge is 0.487 e. The predicted octanol–water partition coefficient (Wildman–Crippen LogP) is 2.87. The molecule has 0 saturated carbocycles. The minimum Gasteiger partial charge on any atom is -0.400 e. The topological polar surface area (TPSA) is 31.4 Å². The molecular formula is C13H17BFNO2. The summed E-state index contributed by atoms with van der Waals surface area (Å²) in [6, 6.07) is 2.93. The van der Waals surface area contributed by atoms with Crippen molar-refractivity contribution in [2.45, 2.75) is 38.9 Å². The zero-order valence-corrected chi connectivity index (χ0v) is 11.1. The Balaban J connectivity index is 2.11. The highest BCUT2D eigenvalue weighted by Crippen LogP contribution is 2.36. The normalized spacial score (nSPS) is 21.7. The summed E-state index contributed by atoms with van der Waals surface area (Å²) >= 11 is 0. The molecule has 2 heterocycles. The van der Waals surface area contributed by atoms with E-state index in [4.69, 9.17) is 9.31 Å². The summed E-state index contributed by atoms with van der Waals surface area (Å²) in [5, 5.41) is 0. The van der Waals surface area contributed by atoms with E-state index >= 15 is 0 Å². The number of aromatic nitrogens is 1. The number of hydrogen-bond donors (Lipinski definition) is 0. The lowest BCUT2D eigenvalue weighted by molar-refractivity contribution is 0.00578. The predicted molar refractivity (Wildman–Crippen MR) is 69.3 cm³/mol. The minimum atomic E-state index is -0.476. The van der Waals surface area contributed by atoms with Gasteiger partial charge in [0.15, 0.2) is 0 Å². The second kappa shape index (κ2) is 4.48. The molecule has 0 aromatic carbocycles. The highest BCUT2D eigenvalue weighted by atomic mass is 19.1. The lowest BCUT2D eigenvalue weighted by atomic mass is 9.89. The van der Waals surface area contributed by atoms with Crippen molar-refractivity contribution in [1.82, 2.24) is 4.98 Å². The molecule has 0 spiro atoms. The fourth-order valence-corrected chi connectivity index (χ4v) is 1.66. The van der Waals surface area contributed by atoms with Crippen molar-refractivity contribution in [2.24, 2.45) is 0 Å². The zero-order valence-electron chi connectivity index (χ0n) is 11.1. The first kappa shape index (κ1) is 13.2. The van der Waals surface area contributed by atoms with Gasteiger partial charge < -0.3 is 9.31 Å². The highest BCUT2D eigenvalue weighted by molar-refractivity contribution is 6.52. The first-order valence-corrected chi connectivity index (χ1v) is 5.96. The summed E-state index contributed by atoms with van der Waals surface area (Å²) < 4.78 is 24.9. The van der Waals surface area contributed by atoms with E-state index in [1.165, 1.54) is 6.07 Å². The Hall–Kier alpha value is -1.20. The Morgan fingerprint density at radius 3 is 2.39 bits per heavy atom. The van der Waals surface area contributed by atoms with Crippen molar-refractivity contribution >= 4 is 13.2 Å². The van der Waals surface area contributed by atoms with Gasteiger partial charge in [-0.3, -0.25) is 4.98 Å². The zero-order chi connectivity index (χ0) is 13.4. The average Bonchev–Trinajstić information content (AvgIpc) is 2.46. The first-order valence-electron chi connectivity index (χ1n) is 5.96. The van der Waals surface area contributed by atoms with Crippen molar-refractivity contribution < 1.29 is 13.7 Å². The van der Waals surface area contributed by atoms with Crippen LogP contribution in [0.4, 0.5) is 4.39 Å². The van der Waals surface area contributed by atoms with Crippen LogP contribution < -0.4 is 0 Å². The van der Waals surface area contributed by atoms with Gasteiger partial charge in [0.25, 0.3) is 0 Å². The molecule has 1 aliphatic heterocycles. The van der Waals surface area contributed by atoms with Crippen LogP contribution in [-0.4, -0.2) is 23.3 Å². The Morgan fingerprint density at radius 2 is 1.83 bits per heavy atom. The smallest absolute Gasteiger partial charge is 0.400 e. The van der Waals surface area contributed by atoms with Gasteiger partial charge in [0.1, 0.15) is 5.82 Å². The van der Waals surface area contributed by atoms with Crippen LogP contribution in [0.25, 0.3) is 6.08 Å². The maximum Gasteiger partial charge on any atom is 0.487 e. The van der Waals surface area contributed by atoms with Gasteiger partial charge in [-0.1, -0.05) is 5.98 Å². The quantitative estimate of drug-likeness (QED) is 0.755. The van der Waals surface area contributed by atoms with Crippen LogP contribution in [0.3, 0.4) is 0 Å². The molecule has 1 aromatic heterocycles. The van der Waals surface area contributed by atoms with Crippen LogP contribution in [0.15, 0.2) is 24.3 Å². The molecule has 0 amide bonds. The third kappa shape index (κ3) is 2.47. The Kier molecular flexibility index (Phi) is 3.30. The standard InChI is InChI=1S/C13H17BFNO2/c1-12(2)13(3,4)18-14(17-12)8-7-11-10(15)6-5-9-16-11/h5-9H,1-4H3/b8-7+. The Morgan fingerprint density at radius 1 is 1.22 bits per heavy atom. The van der Waals surface area contributed by atoms with Gasteiger partial charge in [0.05, 0.1) is 16.9 Å². The summed E-state index contributed by atoms with van der Waals surface area (Å²) in [6.45, 7) is 7.90. The van der Waals surface area contributed by atoms with E-state index in [-0.39, 0.29) is 22.7 Å². The van der Waals surface area contributed by atoms with Crippen molar-refractivity contribution in [3.8, 4) is 0 Å². The molecule has 0 N–H and O–H groups in total. The van der Waals surface area contributed by atoms with E-state index < -0.39 is 7.12 Å². The molecular weight excluding hydrogens is 232 g/mol. The maximum atomic E-state index is 13.4. The van der Waals surface area contributed by atoms with Gasteiger partial charge in [0.2, 0.25) is 0 Å². The second-order valence-corrected chi connectivity index (χ2v) is 5.35. The van der Waals surface area contributed by atoms with Crippen LogP contribution in [0.1, 0.15) is 33.4 Å². The molecule has 96 valence electrons. The molecule has 0 atom stereocenters. The van der Waals surface area contributed by atoms with Crippen LogP contribution in [0.5, 0.6) is 0 Å². The first-order chi connectivity index (χ1) is 8.32. The van der Waals surface area contributed by atoms with Crippen LogP contribution in [0.2, 0.25) is 0 Å². The van der Waals surface area contributed by atoms with Gasteiger partial charge in [-0.15, -0.1) is 0 Å². The summed E-state index contributed by atoms with van der Waals surface area (Å²) in [7, 11) is -0.476. The van der Waals surface area contributed by atoms with Gasteiger partial charge in [-0.2, -0.15) is 0 Å². The SMILES string of the molecule is CC1(C)OB(/C=C/c2ncccc2F)OC1(C)C. The number of rotatable bonds is 2. The summed E-state index contributed by atoms with van der Waals surface area (Å²) in [5.74, 6) is 1.33. The van der Waals surface area contributed by atoms with Crippen LogP contribution in [-0.2, 0) is 9.31 Å². The molecule has 0 aliphatic carbocycles. The Labute approximate surface area is 107 Å². The molecule has 1 aliphatic rings. The van der Waals surface area contributed by atoms with E-state index in [9.17, 15) is 4.39 Å². The van der Waals surface area contributed by atoms with E-state index in [1.54, 1.807) is 24.3 Å². The lowest BCUT2D eigenvalue weighted by Crippen LogP contribution is -2.41. The summed E-state index contributed by atoms with van der Waals surface area (Å²) in [4.78, 5) is 3.94. The molecule has 5 heteroatoms.